The first-order valence-corrected chi connectivity index (χ1v) is 6.94. The molecule has 0 unspecified atom stereocenters. The number of hydrogen-bond acceptors (Lipinski definition) is 3. The van der Waals surface area contributed by atoms with Crippen LogP contribution in [-0.2, 0) is 11.2 Å². The van der Waals surface area contributed by atoms with Crippen LogP contribution in [0.15, 0.2) is 48.5 Å². The number of hydrogen-bond donors (Lipinski definition) is 2. The number of anilines is 2. The molecule has 21 heavy (non-hydrogen) atoms. The van der Waals surface area contributed by atoms with Crippen LogP contribution in [0.3, 0.4) is 0 Å². The fourth-order valence-corrected chi connectivity index (χ4v) is 1.92. The molecule has 2 aromatic carbocycles. The van der Waals surface area contributed by atoms with E-state index in [4.69, 9.17) is 10.5 Å². The molecule has 110 valence electrons. The topological polar surface area (TPSA) is 64.3 Å². The molecule has 0 radical (unpaired) electrons. The van der Waals surface area contributed by atoms with E-state index >= 15 is 0 Å². The highest BCUT2D eigenvalue weighted by Gasteiger charge is 2.05. The summed E-state index contributed by atoms with van der Waals surface area (Å²) >= 11 is 0. The predicted molar refractivity (Wildman–Crippen MR) is 85.4 cm³/mol. The number of ether oxygens (including phenoxy) is 1. The maximum Gasteiger partial charge on any atom is 0.228 e. The lowest BCUT2D eigenvalue weighted by molar-refractivity contribution is -0.115. The molecule has 0 bridgehead atoms. The molecule has 0 fully saturated rings. The second kappa shape index (κ2) is 6.79. The summed E-state index contributed by atoms with van der Waals surface area (Å²) in [6.07, 6.45) is 0.459. The zero-order valence-electron chi connectivity index (χ0n) is 12.3. The fourth-order valence-electron chi connectivity index (χ4n) is 1.92. The summed E-state index contributed by atoms with van der Waals surface area (Å²) in [4.78, 5) is 12.0. The third-order valence-electron chi connectivity index (χ3n) is 2.85. The van der Waals surface area contributed by atoms with E-state index in [-0.39, 0.29) is 12.0 Å². The Morgan fingerprint density at radius 2 is 1.71 bits per heavy atom. The van der Waals surface area contributed by atoms with Gasteiger partial charge >= 0.3 is 0 Å². The molecule has 0 aromatic heterocycles. The highest BCUT2D eigenvalue weighted by Crippen LogP contribution is 2.17. The van der Waals surface area contributed by atoms with Crippen molar-refractivity contribution in [3.63, 3.8) is 0 Å². The maximum atomic E-state index is 12.0. The summed E-state index contributed by atoms with van der Waals surface area (Å²) in [5.74, 6) is 0.735. The van der Waals surface area contributed by atoms with Crippen LogP contribution in [0, 0.1) is 0 Å². The molecule has 3 N–H and O–H groups in total. The van der Waals surface area contributed by atoms with Crippen molar-refractivity contribution in [3.05, 3.63) is 54.1 Å². The van der Waals surface area contributed by atoms with Crippen molar-refractivity contribution >= 4 is 17.3 Å². The van der Waals surface area contributed by atoms with Gasteiger partial charge in [-0.1, -0.05) is 12.1 Å². The molecule has 0 aliphatic rings. The van der Waals surface area contributed by atoms with E-state index in [2.05, 4.69) is 5.32 Å². The van der Waals surface area contributed by atoms with Gasteiger partial charge in [-0.15, -0.1) is 0 Å². The number of benzene rings is 2. The molecule has 4 heteroatoms. The smallest absolute Gasteiger partial charge is 0.228 e. The van der Waals surface area contributed by atoms with Gasteiger partial charge in [0.1, 0.15) is 5.75 Å². The lowest BCUT2D eigenvalue weighted by Gasteiger charge is -2.10. The average molecular weight is 284 g/mol. The molecule has 0 saturated heterocycles. The molecule has 0 aliphatic carbocycles. The van der Waals surface area contributed by atoms with Crippen molar-refractivity contribution in [2.45, 2.75) is 26.4 Å². The number of nitrogens with two attached hydrogens (primary N) is 1. The van der Waals surface area contributed by atoms with E-state index in [1.54, 1.807) is 12.1 Å². The van der Waals surface area contributed by atoms with Crippen LogP contribution in [-0.4, -0.2) is 12.0 Å². The summed E-state index contributed by atoms with van der Waals surface area (Å²) < 4.78 is 5.56. The van der Waals surface area contributed by atoms with Crippen LogP contribution in [0.4, 0.5) is 11.4 Å². The van der Waals surface area contributed by atoms with Crippen molar-refractivity contribution in [1.29, 1.82) is 0 Å². The van der Waals surface area contributed by atoms with Gasteiger partial charge in [0.2, 0.25) is 5.91 Å². The van der Waals surface area contributed by atoms with Crippen molar-refractivity contribution < 1.29 is 9.53 Å². The molecule has 2 aromatic rings. The zero-order chi connectivity index (χ0) is 15.2. The van der Waals surface area contributed by atoms with Gasteiger partial charge in [-0.2, -0.15) is 0 Å². The monoisotopic (exact) mass is 284 g/mol. The van der Waals surface area contributed by atoms with E-state index in [9.17, 15) is 4.79 Å². The van der Waals surface area contributed by atoms with Crippen LogP contribution < -0.4 is 15.8 Å². The summed E-state index contributed by atoms with van der Waals surface area (Å²) in [5, 5.41) is 2.86. The number of carbonyl (C=O) groups excluding carboxylic acids is 1. The highest BCUT2D eigenvalue weighted by atomic mass is 16.5. The zero-order valence-corrected chi connectivity index (χ0v) is 12.3. The molecule has 0 atom stereocenters. The Morgan fingerprint density at radius 3 is 2.29 bits per heavy atom. The standard InChI is InChI=1S/C17H20N2O2/c1-12(2)21-16-9-7-15(8-10-16)19-17(20)11-13-3-5-14(18)6-4-13/h3-10,12H,11,18H2,1-2H3,(H,19,20). The quantitative estimate of drug-likeness (QED) is 0.828. The fraction of sp³-hybridized carbons (Fsp3) is 0.235. The molecule has 0 aliphatic heterocycles. The molecular formula is C17H20N2O2. The SMILES string of the molecule is CC(C)Oc1ccc(NC(=O)Cc2ccc(N)cc2)cc1. The Balaban J connectivity index is 1.91. The van der Waals surface area contributed by atoms with E-state index in [0.29, 0.717) is 12.1 Å². The van der Waals surface area contributed by atoms with E-state index in [1.807, 2.05) is 50.2 Å². The van der Waals surface area contributed by atoms with Gasteiger partial charge in [0.15, 0.2) is 0 Å². The summed E-state index contributed by atoms with van der Waals surface area (Å²) in [6.45, 7) is 3.95. The molecule has 0 saturated carbocycles. The number of amides is 1. The Kier molecular flexibility index (Phi) is 4.82. The number of nitrogen functional groups attached to an aromatic ring is 1. The summed E-state index contributed by atoms with van der Waals surface area (Å²) in [5.41, 5.74) is 8.00. The Morgan fingerprint density at radius 1 is 1.10 bits per heavy atom. The first-order valence-electron chi connectivity index (χ1n) is 6.94. The molecule has 0 spiro atoms. The van der Waals surface area contributed by atoms with Gasteiger partial charge in [-0.3, -0.25) is 4.79 Å². The third-order valence-corrected chi connectivity index (χ3v) is 2.85. The van der Waals surface area contributed by atoms with Gasteiger partial charge < -0.3 is 15.8 Å². The van der Waals surface area contributed by atoms with Crippen molar-refractivity contribution in [1.82, 2.24) is 0 Å². The van der Waals surface area contributed by atoms with Crippen molar-refractivity contribution in [3.8, 4) is 5.75 Å². The van der Waals surface area contributed by atoms with Crippen LogP contribution >= 0.6 is 0 Å². The highest BCUT2D eigenvalue weighted by molar-refractivity contribution is 5.92. The van der Waals surface area contributed by atoms with Crippen molar-refractivity contribution in [2.24, 2.45) is 0 Å². The average Bonchev–Trinajstić information content (AvgIpc) is 2.43. The summed E-state index contributed by atoms with van der Waals surface area (Å²) in [7, 11) is 0. The first kappa shape index (κ1) is 14.9. The predicted octanol–water partition coefficient (Wildman–Crippen LogP) is 3.24. The van der Waals surface area contributed by atoms with Gasteiger partial charge in [-0.05, 0) is 55.8 Å². The Hall–Kier alpha value is -2.49. The second-order valence-electron chi connectivity index (χ2n) is 5.16. The number of carbonyl (C=O) groups is 1. The van der Waals surface area contributed by atoms with Crippen LogP contribution in [0.1, 0.15) is 19.4 Å². The third kappa shape index (κ3) is 4.84. The molecular weight excluding hydrogens is 264 g/mol. The number of nitrogens with one attached hydrogen (secondary N) is 1. The molecule has 1 amide bonds. The Bertz CT molecular complexity index is 589. The minimum absolute atomic E-state index is 0.0581. The molecule has 4 nitrogen and oxygen atoms in total. The minimum atomic E-state index is -0.0581. The number of rotatable bonds is 5. The van der Waals surface area contributed by atoms with Crippen LogP contribution in [0.25, 0.3) is 0 Å². The van der Waals surface area contributed by atoms with E-state index in [1.165, 1.54) is 0 Å². The largest absolute Gasteiger partial charge is 0.491 e. The van der Waals surface area contributed by atoms with Gasteiger partial charge in [-0.25, -0.2) is 0 Å². The second-order valence-corrected chi connectivity index (χ2v) is 5.16. The Labute approximate surface area is 124 Å². The van der Waals surface area contributed by atoms with Gasteiger partial charge in [0.05, 0.1) is 12.5 Å². The molecule has 2 rings (SSSR count). The van der Waals surface area contributed by atoms with E-state index in [0.717, 1.165) is 17.0 Å². The van der Waals surface area contributed by atoms with Crippen LogP contribution in [0.2, 0.25) is 0 Å². The van der Waals surface area contributed by atoms with Crippen molar-refractivity contribution in [2.75, 3.05) is 11.1 Å². The van der Waals surface area contributed by atoms with Gasteiger partial charge in [0, 0.05) is 11.4 Å². The van der Waals surface area contributed by atoms with Gasteiger partial charge in [0.25, 0.3) is 0 Å². The first-order chi connectivity index (χ1) is 10.0. The lowest BCUT2D eigenvalue weighted by atomic mass is 10.1. The molecule has 0 heterocycles. The lowest BCUT2D eigenvalue weighted by Crippen LogP contribution is -2.14. The normalized spacial score (nSPS) is 10.4. The summed E-state index contributed by atoms with van der Waals surface area (Å²) in [6, 6.07) is 14.7. The minimum Gasteiger partial charge on any atom is -0.491 e. The van der Waals surface area contributed by atoms with Crippen LogP contribution in [0.5, 0.6) is 5.75 Å². The maximum absolute atomic E-state index is 12.0. The van der Waals surface area contributed by atoms with E-state index < -0.39 is 0 Å².